The molecular formula is C23H23N5O4. The van der Waals surface area contributed by atoms with Crippen LogP contribution in [0.25, 0.3) is 22.4 Å². The standard InChI is InChI=1S/C23H23N5O4/c1-4-28-21-19(23(30)24-13-16-8-9-32-27-16)11-17(25-14(2)29)12-20(21)26-22(28)15-6-5-7-18(10-15)31-3/h5-12H,4,13H2,1-3H3,(H,24,30)(H,25,29). The molecule has 2 N–H and O–H groups in total. The number of rotatable bonds is 7. The molecule has 0 aliphatic rings. The average molecular weight is 433 g/mol. The minimum Gasteiger partial charge on any atom is -0.497 e. The highest BCUT2D eigenvalue weighted by Gasteiger charge is 2.21. The molecule has 0 fully saturated rings. The van der Waals surface area contributed by atoms with Gasteiger partial charge in [-0.15, -0.1) is 0 Å². The summed E-state index contributed by atoms with van der Waals surface area (Å²) in [4.78, 5) is 29.6. The van der Waals surface area contributed by atoms with E-state index in [0.29, 0.717) is 46.1 Å². The Labute approximate surface area is 184 Å². The van der Waals surface area contributed by atoms with Gasteiger partial charge in [0.25, 0.3) is 5.91 Å². The molecule has 0 saturated carbocycles. The first kappa shape index (κ1) is 21.1. The number of ether oxygens (including phenoxy) is 1. The van der Waals surface area contributed by atoms with Gasteiger partial charge < -0.3 is 24.5 Å². The second-order valence-corrected chi connectivity index (χ2v) is 7.16. The molecule has 0 radical (unpaired) electrons. The minimum absolute atomic E-state index is 0.212. The summed E-state index contributed by atoms with van der Waals surface area (Å²) in [6.07, 6.45) is 1.45. The second-order valence-electron chi connectivity index (χ2n) is 7.16. The molecular weight excluding hydrogens is 410 g/mol. The van der Waals surface area contributed by atoms with Crippen LogP contribution in [0.15, 0.2) is 53.3 Å². The summed E-state index contributed by atoms with van der Waals surface area (Å²) in [7, 11) is 1.61. The minimum atomic E-state index is -0.308. The fourth-order valence-electron chi connectivity index (χ4n) is 3.60. The molecule has 0 spiro atoms. The van der Waals surface area contributed by atoms with Crippen LogP contribution >= 0.6 is 0 Å². The van der Waals surface area contributed by atoms with Crippen LogP contribution in [0, 0.1) is 0 Å². The third-order valence-electron chi connectivity index (χ3n) is 4.97. The second kappa shape index (κ2) is 8.93. The molecule has 0 aliphatic carbocycles. The first-order valence-corrected chi connectivity index (χ1v) is 10.1. The van der Waals surface area contributed by atoms with E-state index < -0.39 is 0 Å². The van der Waals surface area contributed by atoms with Gasteiger partial charge in [-0.1, -0.05) is 17.3 Å². The maximum atomic E-state index is 13.2. The number of methoxy groups -OCH3 is 1. The van der Waals surface area contributed by atoms with Crippen molar-refractivity contribution in [2.75, 3.05) is 12.4 Å². The maximum absolute atomic E-state index is 13.2. The molecule has 0 aliphatic heterocycles. The number of benzene rings is 2. The van der Waals surface area contributed by atoms with Crippen molar-refractivity contribution in [3.63, 3.8) is 0 Å². The highest BCUT2D eigenvalue weighted by atomic mass is 16.5. The highest BCUT2D eigenvalue weighted by molar-refractivity contribution is 6.08. The number of aromatic nitrogens is 3. The van der Waals surface area contributed by atoms with E-state index >= 15 is 0 Å². The van der Waals surface area contributed by atoms with Crippen LogP contribution in [0.5, 0.6) is 5.75 Å². The summed E-state index contributed by atoms with van der Waals surface area (Å²) in [5.74, 6) is 0.867. The molecule has 4 aromatic rings. The Morgan fingerprint density at radius 1 is 1.19 bits per heavy atom. The Hall–Kier alpha value is -4.14. The highest BCUT2D eigenvalue weighted by Crippen LogP contribution is 2.31. The van der Waals surface area contributed by atoms with Crippen molar-refractivity contribution in [2.24, 2.45) is 0 Å². The molecule has 2 amide bonds. The van der Waals surface area contributed by atoms with Crippen LogP contribution in [-0.4, -0.2) is 33.6 Å². The molecule has 0 unspecified atom stereocenters. The molecule has 2 heterocycles. The van der Waals surface area contributed by atoms with Crippen LogP contribution in [0.1, 0.15) is 29.9 Å². The fourth-order valence-corrected chi connectivity index (χ4v) is 3.60. The number of anilines is 1. The number of fused-ring (bicyclic) bond motifs is 1. The number of nitrogens with zero attached hydrogens (tertiary/aromatic N) is 3. The van der Waals surface area contributed by atoms with Crippen molar-refractivity contribution in [2.45, 2.75) is 26.9 Å². The smallest absolute Gasteiger partial charge is 0.253 e. The summed E-state index contributed by atoms with van der Waals surface area (Å²) >= 11 is 0. The number of nitrogens with one attached hydrogen (secondary N) is 2. The predicted molar refractivity (Wildman–Crippen MR) is 119 cm³/mol. The quantitative estimate of drug-likeness (QED) is 0.461. The van der Waals surface area contributed by atoms with Gasteiger partial charge in [-0.05, 0) is 31.2 Å². The molecule has 164 valence electrons. The van der Waals surface area contributed by atoms with Gasteiger partial charge in [0.2, 0.25) is 5.91 Å². The summed E-state index contributed by atoms with van der Waals surface area (Å²) in [5, 5.41) is 9.43. The van der Waals surface area contributed by atoms with Gasteiger partial charge in [0.05, 0.1) is 30.3 Å². The number of carbonyl (C=O) groups is 2. The number of carbonyl (C=O) groups excluding carboxylic acids is 2. The lowest BCUT2D eigenvalue weighted by Crippen LogP contribution is -2.24. The van der Waals surface area contributed by atoms with Gasteiger partial charge >= 0.3 is 0 Å². The Morgan fingerprint density at radius 3 is 2.72 bits per heavy atom. The van der Waals surface area contributed by atoms with Gasteiger partial charge in [0.15, 0.2) is 0 Å². The summed E-state index contributed by atoms with van der Waals surface area (Å²) < 4.78 is 12.2. The fraction of sp³-hybridized carbons (Fsp3) is 0.217. The molecule has 32 heavy (non-hydrogen) atoms. The lowest BCUT2D eigenvalue weighted by atomic mass is 10.1. The summed E-state index contributed by atoms with van der Waals surface area (Å²) in [6.45, 7) is 4.21. The van der Waals surface area contributed by atoms with E-state index in [1.165, 1.54) is 13.2 Å². The monoisotopic (exact) mass is 433 g/mol. The molecule has 0 saturated heterocycles. The Morgan fingerprint density at radius 2 is 2.03 bits per heavy atom. The van der Waals surface area contributed by atoms with Gasteiger partial charge in [0.1, 0.15) is 23.5 Å². The van der Waals surface area contributed by atoms with Crippen molar-refractivity contribution in [1.29, 1.82) is 0 Å². The van der Waals surface area contributed by atoms with Crippen LogP contribution < -0.4 is 15.4 Å². The van der Waals surface area contributed by atoms with Crippen molar-refractivity contribution >= 4 is 28.5 Å². The molecule has 9 nitrogen and oxygen atoms in total. The van der Waals surface area contributed by atoms with Crippen molar-refractivity contribution < 1.29 is 18.8 Å². The van der Waals surface area contributed by atoms with Crippen LogP contribution in [0.3, 0.4) is 0 Å². The molecule has 0 bridgehead atoms. The molecule has 2 aromatic carbocycles. The topological polar surface area (TPSA) is 111 Å². The van der Waals surface area contributed by atoms with E-state index in [1.807, 2.05) is 35.8 Å². The molecule has 9 heteroatoms. The van der Waals surface area contributed by atoms with Crippen LogP contribution in [-0.2, 0) is 17.9 Å². The molecule has 4 rings (SSSR count). The van der Waals surface area contributed by atoms with Crippen LogP contribution in [0.2, 0.25) is 0 Å². The van der Waals surface area contributed by atoms with Crippen LogP contribution in [0.4, 0.5) is 5.69 Å². The van der Waals surface area contributed by atoms with E-state index in [0.717, 1.165) is 5.56 Å². The Balaban J connectivity index is 1.85. The zero-order valence-electron chi connectivity index (χ0n) is 18.0. The SMILES string of the molecule is CCn1c(-c2cccc(OC)c2)nc2cc(NC(C)=O)cc(C(=O)NCc3ccon3)c21. The number of amides is 2. The zero-order valence-corrected chi connectivity index (χ0v) is 18.0. The van der Waals surface area contributed by atoms with E-state index in [1.54, 1.807) is 25.3 Å². The van der Waals surface area contributed by atoms with Gasteiger partial charge in [-0.3, -0.25) is 9.59 Å². The van der Waals surface area contributed by atoms with Gasteiger partial charge in [-0.25, -0.2) is 4.98 Å². The third-order valence-corrected chi connectivity index (χ3v) is 4.97. The maximum Gasteiger partial charge on any atom is 0.253 e. The summed E-state index contributed by atoms with van der Waals surface area (Å²) in [6, 6.07) is 12.7. The lowest BCUT2D eigenvalue weighted by Gasteiger charge is -2.12. The summed E-state index contributed by atoms with van der Waals surface area (Å²) in [5.41, 5.74) is 3.64. The van der Waals surface area contributed by atoms with E-state index in [2.05, 4.69) is 15.8 Å². The van der Waals surface area contributed by atoms with Crippen molar-refractivity contribution in [1.82, 2.24) is 20.0 Å². The molecule has 0 atom stereocenters. The Kier molecular flexibility index (Phi) is 5.89. The predicted octanol–water partition coefficient (Wildman–Crippen LogP) is 3.61. The first-order valence-electron chi connectivity index (χ1n) is 10.1. The largest absolute Gasteiger partial charge is 0.497 e. The van der Waals surface area contributed by atoms with Crippen molar-refractivity contribution in [3.05, 3.63) is 60.0 Å². The van der Waals surface area contributed by atoms with E-state index in [4.69, 9.17) is 14.2 Å². The number of hydrogen-bond donors (Lipinski definition) is 2. The zero-order chi connectivity index (χ0) is 22.7. The number of hydrogen-bond acceptors (Lipinski definition) is 6. The van der Waals surface area contributed by atoms with E-state index in [9.17, 15) is 9.59 Å². The molecule has 2 aromatic heterocycles. The van der Waals surface area contributed by atoms with Crippen molar-refractivity contribution in [3.8, 4) is 17.1 Å². The lowest BCUT2D eigenvalue weighted by molar-refractivity contribution is -0.114. The van der Waals surface area contributed by atoms with E-state index in [-0.39, 0.29) is 18.4 Å². The number of aryl methyl sites for hydroxylation is 1. The van der Waals surface area contributed by atoms with Gasteiger partial charge in [0, 0.05) is 30.8 Å². The Bertz CT molecular complexity index is 1280. The first-order chi connectivity index (χ1) is 15.5. The van der Waals surface area contributed by atoms with Gasteiger partial charge in [-0.2, -0.15) is 0 Å². The normalized spacial score (nSPS) is 10.8. The number of imidazole rings is 1. The third kappa shape index (κ3) is 4.18. The average Bonchev–Trinajstić information content (AvgIpc) is 3.44.